The second kappa shape index (κ2) is 6.33. The van der Waals surface area contributed by atoms with Crippen molar-refractivity contribution in [3.05, 3.63) is 35.9 Å². The molecule has 122 valence electrons. The first-order chi connectivity index (χ1) is 10.2. The fourth-order valence-electron chi connectivity index (χ4n) is 2.31. The lowest BCUT2D eigenvalue weighted by molar-refractivity contribution is -0.139. The van der Waals surface area contributed by atoms with Gasteiger partial charge in [-0.2, -0.15) is 17.4 Å². The number of hydrogen-bond donors (Lipinski definition) is 2. The van der Waals surface area contributed by atoms with Gasteiger partial charge in [-0.1, -0.05) is 30.3 Å². The van der Waals surface area contributed by atoms with E-state index in [-0.39, 0.29) is 19.7 Å². The number of carboxylic acids is 1. The summed E-state index contributed by atoms with van der Waals surface area (Å²) >= 11 is 0. The first kappa shape index (κ1) is 16.9. The van der Waals surface area contributed by atoms with E-state index in [4.69, 9.17) is 4.74 Å². The normalized spacial score (nSPS) is 20.5. The van der Waals surface area contributed by atoms with Gasteiger partial charge in [0.15, 0.2) is 0 Å². The van der Waals surface area contributed by atoms with Crippen LogP contribution >= 0.6 is 0 Å². The lowest BCUT2D eigenvalue weighted by Crippen LogP contribution is -2.54. The van der Waals surface area contributed by atoms with Crippen LogP contribution in [0, 0.1) is 0 Å². The average Bonchev–Trinajstić information content (AvgIpc) is 2.44. The molecule has 0 saturated carbocycles. The van der Waals surface area contributed by atoms with E-state index in [1.807, 2.05) is 0 Å². The zero-order valence-electron chi connectivity index (χ0n) is 12.5. The van der Waals surface area contributed by atoms with Gasteiger partial charge in [-0.15, -0.1) is 0 Å². The Bertz CT molecular complexity index is 630. The molecule has 0 aliphatic carbocycles. The predicted molar refractivity (Wildman–Crippen MR) is 80.5 cm³/mol. The standard InChI is InChI=1S/C14H20N2O5S/c1-14(2)10-16(8-9-21-14)22(19,20)15-12(13(17)18)11-6-4-3-5-7-11/h3-7,12,15H,8-10H2,1-2H3,(H,17,18)/t12-/m1/s1. The molecule has 0 radical (unpaired) electrons. The summed E-state index contributed by atoms with van der Waals surface area (Å²) in [4.78, 5) is 11.4. The molecule has 1 saturated heterocycles. The predicted octanol–water partition coefficient (Wildman–Crippen LogP) is 0.758. The Kier molecular flexibility index (Phi) is 4.86. The van der Waals surface area contributed by atoms with Crippen LogP contribution in [-0.4, -0.2) is 49.1 Å². The monoisotopic (exact) mass is 328 g/mol. The van der Waals surface area contributed by atoms with Crippen LogP contribution in [0.15, 0.2) is 30.3 Å². The van der Waals surface area contributed by atoms with Crippen molar-refractivity contribution >= 4 is 16.2 Å². The molecule has 1 fully saturated rings. The molecule has 7 nitrogen and oxygen atoms in total. The van der Waals surface area contributed by atoms with E-state index in [9.17, 15) is 18.3 Å². The molecule has 1 aliphatic rings. The number of ether oxygens (including phenoxy) is 1. The summed E-state index contributed by atoms with van der Waals surface area (Å²) in [5, 5.41) is 9.32. The van der Waals surface area contributed by atoms with Gasteiger partial charge in [0.25, 0.3) is 10.2 Å². The minimum Gasteiger partial charge on any atom is -0.480 e. The van der Waals surface area contributed by atoms with E-state index >= 15 is 0 Å². The molecule has 0 aromatic heterocycles. The molecule has 0 unspecified atom stereocenters. The van der Waals surface area contributed by atoms with Gasteiger partial charge < -0.3 is 9.84 Å². The lowest BCUT2D eigenvalue weighted by atomic mass is 10.1. The fraction of sp³-hybridized carbons (Fsp3) is 0.500. The van der Waals surface area contributed by atoms with Gasteiger partial charge in [0.2, 0.25) is 0 Å². The van der Waals surface area contributed by atoms with Gasteiger partial charge >= 0.3 is 5.97 Å². The summed E-state index contributed by atoms with van der Waals surface area (Å²) in [6.45, 7) is 4.22. The van der Waals surface area contributed by atoms with E-state index in [2.05, 4.69) is 4.72 Å². The summed E-state index contributed by atoms with van der Waals surface area (Å²) in [6.07, 6.45) is 0. The molecule has 0 amide bonds. The lowest BCUT2D eigenvalue weighted by Gasteiger charge is -2.37. The third-order valence-electron chi connectivity index (χ3n) is 3.38. The Balaban J connectivity index is 2.20. The van der Waals surface area contributed by atoms with Crippen LogP contribution in [0.3, 0.4) is 0 Å². The second-order valence-corrected chi connectivity index (χ2v) is 7.45. The van der Waals surface area contributed by atoms with Crippen molar-refractivity contribution < 1.29 is 23.1 Å². The van der Waals surface area contributed by atoms with Gasteiger partial charge in [-0.3, -0.25) is 4.79 Å². The summed E-state index contributed by atoms with van der Waals surface area (Å²) in [5.74, 6) is -1.25. The molecule has 0 spiro atoms. The summed E-state index contributed by atoms with van der Waals surface area (Å²) < 4.78 is 33.9. The number of aliphatic carboxylic acids is 1. The van der Waals surface area contributed by atoms with Crippen LogP contribution in [0.4, 0.5) is 0 Å². The van der Waals surface area contributed by atoms with Crippen LogP contribution in [0.1, 0.15) is 25.5 Å². The summed E-state index contributed by atoms with van der Waals surface area (Å²) in [6, 6.07) is 6.89. The highest BCUT2D eigenvalue weighted by atomic mass is 32.2. The van der Waals surface area contributed by atoms with Crippen molar-refractivity contribution in [1.82, 2.24) is 9.03 Å². The molecule has 2 N–H and O–H groups in total. The molecular weight excluding hydrogens is 308 g/mol. The second-order valence-electron chi connectivity index (χ2n) is 5.75. The maximum Gasteiger partial charge on any atom is 0.326 e. The van der Waals surface area contributed by atoms with Crippen molar-refractivity contribution in [2.75, 3.05) is 19.7 Å². The van der Waals surface area contributed by atoms with Gasteiger partial charge in [-0.05, 0) is 19.4 Å². The van der Waals surface area contributed by atoms with E-state index < -0.39 is 27.8 Å². The molecule has 1 heterocycles. The number of rotatable bonds is 5. The molecule has 1 aromatic carbocycles. The molecular formula is C14H20N2O5S. The van der Waals surface area contributed by atoms with E-state index in [0.29, 0.717) is 5.56 Å². The van der Waals surface area contributed by atoms with Gasteiger partial charge in [0.1, 0.15) is 6.04 Å². The summed E-state index contributed by atoms with van der Waals surface area (Å²) in [5.41, 5.74) is -0.218. The van der Waals surface area contributed by atoms with Crippen molar-refractivity contribution in [2.24, 2.45) is 0 Å². The largest absolute Gasteiger partial charge is 0.480 e. The average molecular weight is 328 g/mol. The zero-order valence-corrected chi connectivity index (χ0v) is 13.3. The number of nitrogens with one attached hydrogen (secondary N) is 1. The highest BCUT2D eigenvalue weighted by Gasteiger charge is 2.36. The Hall–Kier alpha value is -1.48. The minimum absolute atomic E-state index is 0.170. The Morgan fingerprint density at radius 3 is 2.55 bits per heavy atom. The third-order valence-corrected chi connectivity index (χ3v) is 4.90. The van der Waals surface area contributed by atoms with Crippen molar-refractivity contribution in [2.45, 2.75) is 25.5 Å². The van der Waals surface area contributed by atoms with Crippen molar-refractivity contribution in [3.8, 4) is 0 Å². The van der Waals surface area contributed by atoms with Crippen LogP contribution in [0.2, 0.25) is 0 Å². The van der Waals surface area contributed by atoms with Gasteiger partial charge in [0, 0.05) is 13.1 Å². The quantitative estimate of drug-likeness (QED) is 0.832. The maximum absolute atomic E-state index is 12.5. The topological polar surface area (TPSA) is 95.9 Å². The highest BCUT2D eigenvalue weighted by molar-refractivity contribution is 7.87. The Morgan fingerprint density at radius 2 is 2.00 bits per heavy atom. The number of hydrogen-bond acceptors (Lipinski definition) is 4. The van der Waals surface area contributed by atoms with E-state index in [0.717, 1.165) is 0 Å². The summed E-state index contributed by atoms with van der Waals surface area (Å²) in [7, 11) is -3.92. The van der Waals surface area contributed by atoms with Crippen molar-refractivity contribution in [3.63, 3.8) is 0 Å². The number of carboxylic acid groups (broad SMARTS) is 1. The number of carbonyl (C=O) groups is 1. The van der Waals surface area contributed by atoms with E-state index in [1.165, 1.54) is 4.31 Å². The minimum atomic E-state index is -3.92. The van der Waals surface area contributed by atoms with Crippen LogP contribution in [-0.2, 0) is 19.7 Å². The first-order valence-electron chi connectivity index (χ1n) is 6.90. The molecule has 8 heteroatoms. The van der Waals surface area contributed by atoms with Gasteiger partial charge in [0.05, 0.1) is 12.2 Å². The number of benzene rings is 1. The third kappa shape index (κ3) is 4.04. The van der Waals surface area contributed by atoms with Gasteiger partial charge in [-0.25, -0.2) is 0 Å². The fourth-order valence-corrected chi connectivity index (χ4v) is 3.79. The zero-order chi connectivity index (χ0) is 16.4. The smallest absolute Gasteiger partial charge is 0.326 e. The molecule has 0 bridgehead atoms. The first-order valence-corrected chi connectivity index (χ1v) is 8.34. The molecule has 1 aromatic rings. The van der Waals surface area contributed by atoms with Crippen LogP contribution < -0.4 is 4.72 Å². The molecule has 22 heavy (non-hydrogen) atoms. The number of morpholine rings is 1. The van der Waals surface area contributed by atoms with Crippen LogP contribution in [0.5, 0.6) is 0 Å². The Labute approximate surface area is 130 Å². The highest BCUT2D eigenvalue weighted by Crippen LogP contribution is 2.21. The molecule has 1 atom stereocenters. The van der Waals surface area contributed by atoms with Crippen LogP contribution in [0.25, 0.3) is 0 Å². The molecule has 2 rings (SSSR count). The SMILES string of the molecule is CC1(C)CN(S(=O)(=O)N[C@@H](C(=O)O)c2ccccc2)CCO1. The Morgan fingerprint density at radius 1 is 1.36 bits per heavy atom. The molecule has 1 aliphatic heterocycles. The van der Waals surface area contributed by atoms with Crippen molar-refractivity contribution in [1.29, 1.82) is 0 Å². The number of nitrogens with zero attached hydrogens (tertiary/aromatic N) is 1. The maximum atomic E-state index is 12.5. The van der Waals surface area contributed by atoms with E-state index in [1.54, 1.807) is 44.2 Å².